The average molecular weight is 128 g/mol. The number of nitrogens with one attached hydrogen (secondary N) is 1. The average Bonchev–Trinajstić information content (AvgIpc) is 1.59. The molecule has 0 spiro atoms. The van der Waals surface area contributed by atoms with E-state index in [0.29, 0.717) is 12.8 Å². The number of hydrogen-bond donors (Lipinski definition) is 3. The molecule has 1 rings (SSSR count). The van der Waals surface area contributed by atoms with Crippen LogP contribution >= 0.6 is 0 Å². The molecular weight excluding hydrogens is 116 g/mol. The van der Waals surface area contributed by atoms with Gasteiger partial charge in [-0.2, -0.15) is 0 Å². The van der Waals surface area contributed by atoms with Gasteiger partial charge < -0.3 is 10.8 Å². The van der Waals surface area contributed by atoms with Crippen molar-refractivity contribution in [2.45, 2.75) is 25.4 Å². The molecular formula is C6H12N2O. The summed E-state index contributed by atoms with van der Waals surface area (Å²) < 4.78 is 0. The number of aliphatic hydroxyl groups is 1. The highest BCUT2D eigenvalue weighted by molar-refractivity contribution is 5.80. The monoisotopic (exact) mass is 128 g/mol. The zero-order chi connectivity index (χ0) is 7.07. The predicted molar refractivity (Wildman–Crippen MR) is 35.3 cm³/mol. The van der Waals surface area contributed by atoms with Crippen molar-refractivity contribution in [1.29, 1.82) is 5.41 Å². The third-order valence-corrected chi connectivity index (χ3v) is 1.81. The zero-order valence-corrected chi connectivity index (χ0v) is 5.52. The van der Waals surface area contributed by atoms with Crippen LogP contribution in [0, 0.1) is 11.3 Å². The second-order valence-electron chi connectivity index (χ2n) is 3.06. The first-order valence-corrected chi connectivity index (χ1v) is 3.07. The van der Waals surface area contributed by atoms with E-state index in [0.717, 1.165) is 0 Å². The molecule has 4 N–H and O–H groups in total. The lowest BCUT2D eigenvalue weighted by Gasteiger charge is -2.40. The maximum atomic E-state index is 9.18. The number of hydrogen-bond acceptors (Lipinski definition) is 2. The quantitative estimate of drug-likeness (QED) is 0.346. The highest BCUT2D eigenvalue weighted by atomic mass is 16.3. The van der Waals surface area contributed by atoms with E-state index in [-0.39, 0.29) is 11.8 Å². The Morgan fingerprint density at radius 2 is 2.22 bits per heavy atom. The molecule has 0 atom stereocenters. The molecule has 0 aromatic carbocycles. The van der Waals surface area contributed by atoms with Crippen molar-refractivity contribution in [3.05, 3.63) is 0 Å². The van der Waals surface area contributed by atoms with Gasteiger partial charge in [-0.05, 0) is 19.8 Å². The molecule has 52 valence electrons. The predicted octanol–water partition coefficient (Wildman–Crippen LogP) is 0.0834. The third kappa shape index (κ3) is 1.21. The maximum absolute atomic E-state index is 9.18. The van der Waals surface area contributed by atoms with Gasteiger partial charge in [0.15, 0.2) is 0 Å². The second-order valence-corrected chi connectivity index (χ2v) is 3.06. The summed E-state index contributed by atoms with van der Waals surface area (Å²) in [6, 6.07) is 0. The molecule has 0 aromatic heterocycles. The van der Waals surface area contributed by atoms with E-state index in [9.17, 15) is 5.11 Å². The molecule has 1 fully saturated rings. The Labute approximate surface area is 54.4 Å². The Kier molecular flexibility index (Phi) is 1.24. The van der Waals surface area contributed by atoms with Gasteiger partial charge in [-0.3, -0.25) is 5.41 Å². The van der Waals surface area contributed by atoms with Crippen molar-refractivity contribution in [3.8, 4) is 0 Å². The van der Waals surface area contributed by atoms with Gasteiger partial charge in [0.2, 0.25) is 0 Å². The van der Waals surface area contributed by atoms with E-state index in [1.165, 1.54) is 0 Å². The van der Waals surface area contributed by atoms with Gasteiger partial charge in [0.1, 0.15) is 0 Å². The summed E-state index contributed by atoms with van der Waals surface area (Å²) in [7, 11) is 0. The highest BCUT2D eigenvalue weighted by Gasteiger charge is 2.39. The SMILES string of the molecule is CC1(O)CC(C(=N)N)C1. The lowest BCUT2D eigenvalue weighted by atomic mass is 9.72. The minimum absolute atomic E-state index is 0.139. The summed E-state index contributed by atoms with van der Waals surface area (Å²) in [4.78, 5) is 0. The summed E-state index contributed by atoms with van der Waals surface area (Å²) in [6.45, 7) is 1.77. The Balaban J connectivity index is 2.35. The zero-order valence-electron chi connectivity index (χ0n) is 5.52. The van der Waals surface area contributed by atoms with E-state index in [2.05, 4.69) is 0 Å². The fraction of sp³-hybridized carbons (Fsp3) is 0.833. The van der Waals surface area contributed by atoms with Crippen LogP contribution in [0.1, 0.15) is 19.8 Å². The highest BCUT2D eigenvalue weighted by Crippen LogP contribution is 2.36. The van der Waals surface area contributed by atoms with Crippen molar-refractivity contribution in [3.63, 3.8) is 0 Å². The van der Waals surface area contributed by atoms with Crippen molar-refractivity contribution in [2.24, 2.45) is 11.7 Å². The Bertz CT molecular complexity index is 134. The van der Waals surface area contributed by atoms with Crippen molar-refractivity contribution < 1.29 is 5.11 Å². The molecule has 0 amide bonds. The van der Waals surface area contributed by atoms with Crippen LogP contribution < -0.4 is 5.73 Å². The van der Waals surface area contributed by atoms with Crippen LogP contribution in [0.4, 0.5) is 0 Å². The van der Waals surface area contributed by atoms with Gasteiger partial charge >= 0.3 is 0 Å². The van der Waals surface area contributed by atoms with Crippen LogP contribution in [0.3, 0.4) is 0 Å². The van der Waals surface area contributed by atoms with E-state index in [1.54, 1.807) is 6.92 Å². The molecule has 3 nitrogen and oxygen atoms in total. The summed E-state index contributed by atoms with van der Waals surface area (Å²) in [5.74, 6) is 0.349. The first kappa shape index (κ1) is 6.55. The van der Waals surface area contributed by atoms with Gasteiger partial charge in [-0.1, -0.05) is 0 Å². The van der Waals surface area contributed by atoms with Crippen LogP contribution in [0.5, 0.6) is 0 Å². The van der Waals surface area contributed by atoms with Gasteiger partial charge in [0.25, 0.3) is 0 Å². The number of rotatable bonds is 1. The van der Waals surface area contributed by atoms with E-state index >= 15 is 0 Å². The van der Waals surface area contributed by atoms with Crippen LogP contribution in [0.15, 0.2) is 0 Å². The molecule has 1 saturated carbocycles. The number of amidine groups is 1. The minimum Gasteiger partial charge on any atom is -0.390 e. The van der Waals surface area contributed by atoms with Gasteiger partial charge in [0.05, 0.1) is 11.4 Å². The Morgan fingerprint density at radius 1 is 1.78 bits per heavy atom. The molecule has 0 radical (unpaired) electrons. The van der Waals surface area contributed by atoms with Crippen LogP contribution in [-0.4, -0.2) is 16.5 Å². The van der Waals surface area contributed by atoms with Gasteiger partial charge in [0, 0.05) is 5.92 Å². The number of nitrogens with two attached hydrogens (primary N) is 1. The first-order valence-electron chi connectivity index (χ1n) is 3.07. The van der Waals surface area contributed by atoms with Crippen LogP contribution in [0.2, 0.25) is 0 Å². The standard InChI is InChI=1S/C6H12N2O/c1-6(9)2-4(3-6)5(7)8/h4,9H,2-3H2,1H3,(H3,7,8). The Hall–Kier alpha value is -0.570. The van der Waals surface area contributed by atoms with Crippen molar-refractivity contribution in [2.75, 3.05) is 0 Å². The van der Waals surface area contributed by atoms with Gasteiger partial charge in [-0.25, -0.2) is 0 Å². The Morgan fingerprint density at radius 3 is 2.33 bits per heavy atom. The fourth-order valence-electron chi connectivity index (χ4n) is 1.22. The fourth-order valence-corrected chi connectivity index (χ4v) is 1.22. The third-order valence-electron chi connectivity index (χ3n) is 1.81. The molecule has 0 heterocycles. The minimum atomic E-state index is -0.545. The molecule has 0 unspecified atom stereocenters. The molecule has 0 bridgehead atoms. The topological polar surface area (TPSA) is 70.1 Å². The molecule has 0 aliphatic heterocycles. The summed E-state index contributed by atoms with van der Waals surface area (Å²) in [6.07, 6.45) is 1.31. The van der Waals surface area contributed by atoms with E-state index < -0.39 is 5.60 Å². The lowest BCUT2D eigenvalue weighted by Crippen LogP contribution is -2.46. The van der Waals surface area contributed by atoms with Crippen molar-refractivity contribution in [1.82, 2.24) is 0 Å². The first-order chi connectivity index (χ1) is 4.01. The van der Waals surface area contributed by atoms with Crippen LogP contribution in [-0.2, 0) is 0 Å². The summed E-state index contributed by atoms with van der Waals surface area (Å²) in [5.41, 5.74) is 4.65. The molecule has 1 aliphatic rings. The molecule has 3 heteroatoms. The van der Waals surface area contributed by atoms with E-state index in [1.807, 2.05) is 0 Å². The summed E-state index contributed by atoms with van der Waals surface area (Å²) in [5, 5.41) is 16.2. The smallest absolute Gasteiger partial charge is 0.0939 e. The maximum Gasteiger partial charge on any atom is 0.0939 e. The van der Waals surface area contributed by atoms with Gasteiger partial charge in [-0.15, -0.1) is 0 Å². The lowest BCUT2D eigenvalue weighted by molar-refractivity contribution is -0.0361. The van der Waals surface area contributed by atoms with Crippen LogP contribution in [0.25, 0.3) is 0 Å². The normalized spacial score (nSPS) is 41.8. The molecule has 9 heavy (non-hydrogen) atoms. The molecule has 0 saturated heterocycles. The van der Waals surface area contributed by atoms with E-state index in [4.69, 9.17) is 11.1 Å². The molecule has 0 aromatic rings. The largest absolute Gasteiger partial charge is 0.390 e. The molecule has 1 aliphatic carbocycles. The second kappa shape index (κ2) is 1.70. The van der Waals surface area contributed by atoms with Crippen molar-refractivity contribution >= 4 is 5.84 Å². The summed E-state index contributed by atoms with van der Waals surface area (Å²) >= 11 is 0.